The van der Waals surface area contributed by atoms with E-state index in [1.807, 2.05) is 31.2 Å². The minimum absolute atomic E-state index is 0.171. The molecule has 0 bridgehead atoms. The Balaban J connectivity index is 1.80. The minimum Gasteiger partial charge on any atom is -0.327 e. The summed E-state index contributed by atoms with van der Waals surface area (Å²) in [6.07, 6.45) is 2.23. The van der Waals surface area contributed by atoms with Crippen LogP contribution in [0.25, 0.3) is 0 Å². The maximum atomic E-state index is 12.9. The molecule has 1 aliphatic rings. The first-order chi connectivity index (χ1) is 12.5. The van der Waals surface area contributed by atoms with Gasteiger partial charge in [0.25, 0.3) is 5.91 Å². The molecule has 0 aromatic heterocycles. The van der Waals surface area contributed by atoms with Crippen molar-refractivity contribution in [1.82, 2.24) is 4.90 Å². The summed E-state index contributed by atoms with van der Waals surface area (Å²) in [6, 6.07) is 12.0. The van der Waals surface area contributed by atoms with E-state index in [0.29, 0.717) is 28.6 Å². The lowest BCUT2D eigenvalue weighted by Crippen LogP contribution is -2.43. The van der Waals surface area contributed by atoms with Gasteiger partial charge < -0.3 is 10.2 Å². The molecule has 1 fully saturated rings. The monoisotopic (exact) mass is 390 g/mol. The SMILES string of the molecule is CCc1ccccc1NC(=O)[C@@H]1CCCN1C(=O)c1cc(Cl)ccc1Cl. The van der Waals surface area contributed by atoms with Gasteiger partial charge in [-0.3, -0.25) is 9.59 Å². The fraction of sp³-hybridized carbons (Fsp3) is 0.300. The predicted octanol–water partition coefficient (Wildman–Crippen LogP) is 4.80. The van der Waals surface area contributed by atoms with Gasteiger partial charge in [-0.2, -0.15) is 0 Å². The molecular weight excluding hydrogens is 371 g/mol. The summed E-state index contributed by atoms with van der Waals surface area (Å²) in [4.78, 5) is 27.3. The van der Waals surface area contributed by atoms with Crippen LogP contribution in [0.3, 0.4) is 0 Å². The summed E-state index contributed by atoms with van der Waals surface area (Å²) >= 11 is 12.2. The molecule has 0 saturated carbocycles. The lowest BCUT2D eigenvalue weighted by molar-refractivity contribution is -0.119. The summed E-state index contributed by atoms with van der Waals surface area (Å²) in [5.74, 6) is -0.436. The van der Waals surface area contributed by atoms with E-state index in [4.69, 9.17) is 23.2 Å². The highest BCUT2D eigenvalue weighted by Crippen LogP contribution is 2.27. The number of amides is 2. The standard InChI is InChI=1S/C20H20Cl2N2O2/c1-2-13-6-3-4-7-17(13)23-19(25)18-8-5-11-24(18)20(26)15-12-14(21)9-10-16(15)22/h3-4,6-7,9-10,12,18H,2,5,8,11H2,1H3,(H,23,25)/t18-/m0/s1. The highest BCUT2D eigenvalue weighted by molar-refractivity contribution is 6.35. The van der Waals surface area contributed by atoms with Crippen LogP contribution >= 0.6 is 23.2 Å². The Labute approximate surface area is 163 Å². The van der Waals surface area contributed by atoms with Crippen LogP contribution in [0, 0.1) is 0 Å². The smallest absolute Gasteiger partial charge is 0.256 e. The lowest BCUT2D eigenvalue weighted by atomic mass is 10.1. The van der Waals surface area contributed by atoms with Gasteiger partial charge in [-0.05, 0) is 49.1 Å². The van der Waals surface area contributed by atoms with E-state index in [1.165, 1.54) is 0 Å². The molecule has 4 nitrogen and oxygen atoms in total. The number of nitrogens with one attached hydrogen (secondary N) is 1. The van der Waals surface area contributed by atoms with Gasteiger partial charge in [-0.15, -0.1) is 0 Å². The first-order valence-electron chi connectivity index (χ1n) is 8.66. The molecule has 0 radical (unpaired) electrons. The van der Waals surface area contributed by atoms with Gasteiger partial charge in [0, 0.05) is 17.3 Å². The Kier molecular flexibility index (Phi) is 5.84. The van der Waals surface area contributed by atoms with Crippen molar-refractivity contribution in [3.63, 3.8) is 0 Å². The Hall–Kier alpha value is -2.04. The van der Waals surface area contributed by atoms with Crippen LogP contribution in [-0.2, 0) is 11.2 Å². The first kappa shape index (κ1) is 18.7. The van der Waals surface area contributed by atoms with Gasteiger partial charge >= 0.3 is 0 Å². The maximum absolute atomic E-state index is 12.9. The quantitative estimate of drug-likeness (QED) is 0.814. The van der Waals surface area contributed by atoms with Crippen LogP contribution in [0.1, 0.15) is 35.7 Å². The Morgan fingerprint density at radius 1 is 1.19 bits per heavy atom. The summed E-state index contributed by atoms with van der Waals surface area (Å²) in [5.41, 5.74) is 2.18. The van der Waals surface area contributed by atoms with E-state index in [9.17, 15) is 9.59 Å². The number of rotatable bonds is 4. The number of carbonyl (C=O) groups is 2. The lowest BCUT2D eigenvalue weighted by Gasteiger charge is -2.25. The molecule has 136 valence electrons. The molecule has 0 spiro atoms. The summed E-state index contributed by atoms with van der Waals surface area (Å²) < 4.78 is 0. The Bertz CT molecular complexity index is 838. The van der Waals surface area contributed by atoms with Crippen LogP contribution in [0.4, 0.5) is 5.69 Å². The highest BCUT2D eigenvalue weighted by Gasteiger charge is 2.35. The normalized spacial score (nSPS) is 16.6. The summed E-state index contributed by atoms with van der Waals surface area (Å²) in [6.45, 7) is 2.56. The third kappa shape index (κ3) is 3.87. The number of anilines is 1. The van der Waals surface area contributed by atoms with Crippen molar-refractivity contribution < 1.29 is 9.59 Å². The molecular formula is C20H20Cl2N2O2. The first-order valence-corrected chi connectivity index (χ1v) is 9.41. The summed E-state index contributed by atoms with van der Waals surface area (Å²) in [5, 5.41) is 3.75. The van der Waals surface area contributed by atoms with Crippen molar-refractivity contribution in [2.75, 3.05) is 11.9 Å². The number of halogens is 2. The van der Waals surface area contributed by atoms with Crippen molar-refractivity contribution in [1.29, 1.82) is 0 Å². The van der Waals surface area contributed by atoms with E-state index in [0.717, 1.165) is 24.1 Å². The zero-order chi connectivity index (χ0) is 18.7. The molecule has 0 unspecified atom stereocenters. The van der Waals surface area contributed by atoms with Gasteiger partial charge in [0.05, 0.1) is 10.6 Å². The zero-order valence-electron chi connectivity index (χ0n) is 14.5. The van der Waals surface area contributed by atoms with Crippen molar-refractivity contribution in [3.8, 4) is 0 Å². The third-order valence-electron chi connectivity index (χ3n) is 4.63. The van der Waals surface area contributed by atoms with Gasteiger partial charge in [-0.25, -0.2) is 0 Å². The molecule has 1 heterocycles. The molecule has 2 aromatic rings. The van der Waals surface area contributed by atoms with Gasteiger partial charge in [0.15, 0.2) is 0 Å². The van der Waals surface area contributed by atoms with Crippen molar-refractivity contribution >= 4 is 40.7 Å². The van der Waals surface area contributed by atoms with E-state index < -0.39 is 6.04 Å². The number of hydrogen-bond acceptors (Lipinski definition) is 2. The van der Waals surface area contributed by atoms with Crippen molar-refractivity contribution in [2.45, 2.75) is 32.2 Å². The number of nitrogens with zero attached hydrogens (tertiary/aromatic N) is 1. The van der Waals surface area contributed by atoms with Crippen molar-refractivity contribution in [2.24, 2.45) is 0 Å². The fourth-order valence-corrected chi connectivity index (χ4v) is 3.64. The molecule has 3 rings (SSSR count). The van der Waals surface area contributed by atoms with Crippen molar-refractivity contribution in [3.05, 3.63) is 63.6 Å². The number of hydrogen-bond donors (Lipinski definition) is 1. The summed E-state index contributed by atoms with van der Waals surface area (Å²) in [7, 11) is 0. The number of aryl methyl sites for hydroxylation is 1. The van der Waals surface area contributed by atoms with Crippen LogP contribution in [-0.4, -0.2) is 29.3 Å². The number of benzene rings is 2. The predicted molar refractivity (Wildman–Crippen MR) is 105 cm³/mol. The molecule has 1 saturated heterocycles. The second-order valence-corrected chi connectivity index (χ2v) is 7.12. The highest BCUT2D eigenvalue weighted by atomic mass is 35.5. The molecule has 26 heavy (non-hydrogen) atoms. The van der Waals surface area contributed by atoms with Gasteiger partial charge in [0.2, 0.25) is 5.91 Å². The molecule has 1 aliphatic heterocycles. The largest absolute Gasteiger partial charge is 0.327 e. The molecule has 2 aromatic carbocycles. The topological polar surface area (TPSA) is 49.4 Å². The molecule has 2 amide bonds. The van der Waals surface area contributed by atoms with Crippen LogP contribution in [0.2, 0.25) is 10.0 Å². The van der Waals surface area contributed by atoms with Gasteiger partial charge in [-0.1, -0.05) is 48.3 Å². The average molecular weight is 391 g/mol. The van der Waals surface area contributed by atoms with E-state index in [1.54, 1.807) is 23.1 Å². The second-order valence-electron chi connectivity index (χ2n) is 6.28. The number of likely N-dealkylation sites (tertiary alicyclic amines) is 1. The minimum atomic E-state index is -0.512. The Morgan fingerprint density at radius 2 is 1.96 bits per heavy atom. The second kappa shape index (κ2) is 8.11. The fourth-order valence-electron chi connectivity index (χ4n) is 3.27. The number of para-hydroxylation sites is 1. The number of carbonyl (C=O) groups excluding carboxylic acids is 2. The Morgan fingerprint density at radius 3 is 2.73 bits per heavy atom. The molecule has 6 heteroatoms. The molecule has 0 aliphatic carbocycles. The van der Waals surface area contributed by atoms with E-state index in [-0.39, 0.29) is 11.8 Å². The average Bonchev–Trinajstić information content (AvgIpc) is 3.13. The van der Waals surface area contributed by atoms with E-state index in [2.05, 4.69) is 5.32 Å². The van der Waals surface area contributed by atoms with Crippen LogP contribution in [0.5, 0.6) is 0 Å². The van der Waals surface area contributed by atoms with E-state index >= 15 is 0 Å². The van der Waals surface area contributed by atoms with Gasteiger partial charge in [0.1, 0.15) is 6.04 Å². The maximum Gasteiger partial charge on any atom is 0.256 e. The molecule has 1 N–H and O–H groups in total. The van der Waals surface area contributed by atoms with Crippen LogP contribution in [0.15, 0.2) is 42.5 Å². The zero-order valence-corrected chi connectivity index (χ0v) is 16.0. The third-order valence-corrected chi connectivity index (χ3v) is 5.20. The van der Waals surface area contributed by atoms with Crippen LogP contribution < -0.4 is 5.32 Å². The molecule has 1 atom stereocenters.